The van der Waals surface area contributed by atoms with Gasteiger partial charge >= 0.3 is 0 Å². The lowest BCUT2D eigenvalue weighted by molar-refractivity contribution is 0.417. The molecule has 2 aromatic rings. The van der Waals surface area contributed by atoms with E-state index in [2.05, 4.69) is 4.72 Å². The Balaban J connectivity index is 2.47. The first-order valence-corrected chi connectivity index (χ1v) is 7.92. The molecule has 5 nitrogen and oxygen atoms in total. The third-order valence-corrected chi connectivity index (χ3v) is 4.78. The SMILES string of the molecule is COc1cc(Cl)c(C)cc1NS(=O)(=O)c1ccccc1N. The van der Waals surface area contributed by atoms with Gasteiger partial charge < -0.3 is 10.5 Å². The fourth-order valence-electron chi connectivity index (χ4n) is 1.84. The normalized spacial score (nSPS) is 11.2. The lowest BCUT2D eigenvalue weighted by Gasteiger charge is -2.14. The number of halogens is 1. The number of para-hydroxylation sites is 1. The van der Waals surface area contributed by atoms with Gasteiger partial charge in [-0.2, -0.15) is 0 Å². The van der Waals surface area contributed by atoms with E-state index in [4.69, 9.17) is 22.1 Å². The molecule has 21 heavy (non-hydrogen) atoms. The molecule has 2 rings (SSSR count). The number of ether oxygens (including phenoxy) is 1. The van der Waals surface area contributed by atoms with E-state index in [0.29, 0.717) is 16.5 Å². The number of nitrogen functional groups attached to an aromatic ring is 1. The third-order valence-electron chi connectivity index (χ3n) is 2.93. The molecule has 0 bridgehead atoms. The molecule has 0 saturated heterocycles. The van der Waals surface area contributed by atoms with Gasteiger partial charge in [0.2, 0.25) is 0 Å². The van der Waals surface area contributed by atoms with E-state index in [9.17, 15) is 8.42 Å². The molecule has 0 aliphatic heterocycles. The maximum Gasteiger partial charge on any atom is 0.264 e. The number of anilines is 2. The summed E-state index contributed by atoms with van der Waals surface area (Å²) in [5.74, 6) is 0.337. The molecule has 0 aliphatic rings. The number of aryl methyl sites for hydroxylation is 1. The smallest absolute Gasteiger partial charge is 0.264 e. The van der Waals surface area contributed by atoms with Gasteiger partial charge in [-0.05, 0) is 30.7 Å². The summed E-state index contributed by atoms with van der Waals surface area (Å²) in [7, 11) is -2.36. The number of rotatable bonds is 4. The fraction of sp³-hybridized carbons (Fsp3) is 0.143. The van der Waals surface area contributed by atoms with Crippen LogP contribution in [-0.4, -0.2) is 15.5 Å². The third kappa shape index (κ3) is 3.22. The molecule has 3 N–H and O–H groups in total. The standard InChI is InChI=1S/C14H15ClN2O3S/c1-9-7-12(13(20-2)8-10(9)15)17-21(18,19)14-6-4-3-5-11(14)16/h3-8,17H,16H2,1-2H3. The van der Waals surface area contributed by atoms with Gasteiger partial charge in [0, 0.05) is 11.1 Å². The van der Waals surface area contributed by atoms with Crippen LogP contribution >= 0.6 is 11.6 Å². The topological polar surface area (TPSA) is 81.4 Å². The monoisotopic (exact) mass is 326 g/mol. The predicted octanol–water partition coefficient (Wildman–Crippen LogP) is 3.04. The second-order valence-electron chi connectivity index (χ2n) is 4.45. The van der Waals surface area contributed by atoms with E-state index < -0.39 is 10.0 Å². The zero-order valence-electron chi connectivity index (χ0n) is 11.6. The maximum absolute atomic E-state index is 12.4. The van der Waals surface area contributed by atoms with Crippen LogP contribution in [0.15, 0.2) is 41.3 Å². The van der Waals surface area contributed by atoms with Crippen molar-refractivity contribution in [3.63, 3.8) is 0 Å². The predicted molar refractivity (Wildman–Crippen MR) is 84.4 cm³/mol. The molecule has 0 unspecified atom stereocenters. The molecule has 0 heterocycles. The van der Waals surface area contributed by atoms with Crippen LogP contribution < -0.4 is 15.2 Å². The molecule has 0 aliphatic carbocycles. The Labute approximate surface area is 128 Å². The van der Waals surface area contributed by atoms with Crippen LogP contribution in [0.2, 0.25) is 5.02 Å². The lowest BCUT2D eigenvalue weighted by Crippen LogP contribution is -2.15. The van der Waals surface area contributed by atoms with E-state index in [1.807, 2.05) is 0 Å². The summed E-state index contributed by atoms with van der Waals surface area (Å²) < 4.78 is 32.4. The van der Waals surface area contributed by atoms with Crippen LogP contribution in [0.4, 0.5) is 11.4 Å². The maximum atomic E-state index is 12.4. The molecule has 112 valence electrons. The van der Waals surface area contributed by atoms with Gasteiger partial charge in [0.25, 0.3) is 10.0 Å². The Kier molecular flexibility index (Phi) is 4.29. The van der Waals surface area contributed by atoms with Crippen molar-refractivity contribution in [2.45, 2.75) is 11.8 Å². The van der Waals surface area contributed by atoms with Crippen molar-refractivity contribution in [1.82, 2.24) is 0 Å². The molecule has 0 amide bonds. The van der Waals surface area contributed by atoms with Crippen molar-refractivity contribution in [3.05, 3.63) is 47.0 Å². The number of benzene rings is 2. The zero-order chi connectivity index (χ0) is 15.6. The number of hydrogen-bond acceptors (Lipinski definition) is 4. The highest BCUT2D eigenvalue weighted by molar-refractivity contribution is 7.92. The van der Waals surface area contributed by atoms with Gasteiger partial charge in [0.1, 0.15) is 10.6 Å². The number of methoxy groups -OCH3 is 1. The van der Waals surface area contributed by atoms with Gasteiger partial charge in [-0.15, -0.1) is 0 Å². The van der Waals surface area contributed by atoms with Gasteiger partial charge in [-0.25, -0.2) is 8.42 Å². The first-order chi connectivity index (χ1) is 9.85. The summed E-state index contributed by atoms with van der Waals surface area (Å²) in [6, 6.07) is 9.41. The van der Waals surface area contributed by atoms with Crippen LogP contribution in [0.3, 0.4) is 0 Å². The fourth-order valence-corrected chi connectivity index (χ4v) is 3.19. The largest absolute Gasteiger partial charge is 0.495 e. The first kappa shape index (κ1) is 15.5. The molecule has 0 aromatic heterocycles. The molecule has 0 radical (unpaired) electrons. The van der Waals surface area contributed by atoms with Gasteiger partial charge in [-0.3, -0.25) is 4.72 Å². The number of hydrogen-bond donors (Lipinski definition) is 2. The molecule has 7 heteroatoms. The van der Waals surface area contributed by atoms with Crippen molar-refractivity contribution in [2.24, 2.45) is 0 Å². The van der Waals surface area contributed by atoms with Crippen molar-refractivity contribution in [3.8, 4) is 5.75 Å². The minimum Gasteiger partial charge on any atom is -0.495 e. The van der Waals surface area contributed by atoms with Crippen molar-refractivity contribution >= 4 is 33.0 Å². The second-order valence-corrected chi connectivity index (χ2v) is 6.50. The summed E-state index contributed by atoms with van der Waals surface area (Å²) in [6.45, 7) is 1.77. The number of nitrogens with two attached hydrogens (primary N) is 1. The van der Waals surface area contributed by atoms with Crippen LogP contribution in [0.5, 0.6) is 5.75 Å². The van der Waals surface area contributed by atoms with Crippen LogP contribution in [-0.2, 0) is 10.0 Å². The van der Waals surface area contributed by atoms with Gasteiger partial charge in [0.05, 0.1) is 18.5 Å². The Morgan fingerprint density at radius 2 is 1.90 bits per heavy atom. The lowest BCUT2D eigenvalue weighted by atomic mass is 10.2. The molecule has 0 saturated carbocycles. The Morgan fingerprint density at radius 1 is 1.24 bits per heavy atom. The van der Waals surface area contributed by atoms with E-state index in [1.54, 1.807) is 31.2 Å². The number of nitrogens with one attached hydrogen (secondary N) is 1. The summed E-state index contributed by atoms with van der Waals surface area (Å²) in [5.41, 5.74) is 6.93. The van der Waals surface area contributed by atoms with Gasteiger partial charge in [-0.1, -0.05) is 23.7 Å². The molecular formula is C14H15ClN2O3S. The minimum atomic E-state index is -3.80. The summed E-state index contributed by atoms with van der Waals surface area (Å²) in [4.78, 5) is 0.0136. The van der Waals surface area contributed by atoms with Crippen molar-refractivity contribution < 1.29 is 13.2 Å². The molecule has 0 atom stereocenters. The average molecular weight is 327 g/mol. The van der Waals surface area contributed by atoms with Crippen molar-refractivity contribution in [2.75, 3.05) is 17.6 Å². The highest BCUT2D eigenvalue weighted by Crippen LogP contribution is 2.33. The zero-order valence-corrected chi connectivity index (χ0v) is 13.1. The van der Waals surface area contributed by atoms with E-state index in [0.717, 1.165) is 5.56 Å². The summed E-state index contributed by atoms with van der Waals surface area (Å²) in [5, 5.41) is 0.494. The Bertz CT molecular complexity index is 776. The quantitative estimate of drug-likeness (QED) is 0.846. The number of sulfonamides is 1. The van der Waals surface area contributed by atoms with Crippen LogP contribution in [0.25, 0.3) is 0 Å². The van der Waals surface area contributed by atoms with Gasteiger partial charge in [0.15, 0.2) is 0 Å². The summed E-state index contributed by atoms with van der Waals surface area (Å²) in [6.07, 6.45) is 0. The molecule has 2 aromatic carbocycles. The second kappa shape index (κ2) is 5.83. The van der Waals surface area contributed by atoms with E-state index in [-0.39, 0.29) is 10.6 Å². The Hall–Kier alpha value is -1.92. The van der Waals surface area contributed by atoms with E-state index in [1.165, 1.54) is 19.2 Å². The first-order valence-electron chi connectivity index (χ1n) is 6.06. The summed E-state index contributed by atoms with van der Waals surface area (Å²) >= 11 is 6.00. The molecular weight excluding hydrogens is 312 g/mol. The van der Waals surface area contributed by atoms with Crippen LogP contribution in [0.1, 0.15) is 5.56 Å². The van der Waals surface area contributed by atoms with Crippen LogP contribution in [0, 0.1) is 6.92 Å². The highest BCUT2D eigenvalue weighted by atomic mass is 35.5. The molecule has 0 spiro atoms. The Morgan fingerprint density at radius 3 is 2.52 bits per heavy atom. The van der Waals surface area contributed by atoms with Crippen molar-refractivity contribution in [1.29, 1.82) is 0 Å². The van der Waals surface area contributed by atoms with E-state index >= 15 is 0 Å². The minimum absolute atomic E-state index is 0.0136. The average Bonchev–Trinajstić information content (AvgIpc) is 2.42. The highest BCUT2D eigenvalue weighted by Gasteiger charge is 2.19. The molecule has 0 fully saturated rings.